The summed E-state index contributed by atoms with van der Waals surface area (Å²) in [5.74, 6) is 0.690. The number of fused-ring (bicyclic) bond motifs is 1. The fourth-order valence-corrected chi connectivity index (χ4v) is 4.19. The third-order valence-corrected chi connectivity index (χ3v) is 6.44. The van der Waals surface area contributed by atoms with Crippen LogP contribution in [-0.2, 0) is 16.6 Å². The second-order valence-electron chi connectivity index (χ2n) is 6.60. The monoisotopic (exact) mass is 393 g/mol. The number of benzene rings is 3. The molecule has 0 aliphatic heterocycles. The Kier molecular flexibility index (Phi) is 4.70. The van der Waals surface area contributed by atoms with Crippen molar-refractivity contribution in [3.05, 3.63) is 78.2 Å². The van der Waals surface area contributed by atoms with Gasteiger partial charge in [-0.1, -0.05) is 59.8 Å². The van der Waals surface area contributed by atoms with E-state index in [1.807, 2.05) is 55.5 Å². The second-order valence-corrected chi connectivity index (χ2v) is 8.64. The first kappa shape index (κ1) is 18.3. The van der Waals surface area contributed by atoms with E-state index in [9.17, 15) is 8.42 Å². The van der Waals surface area contributed by atoms with Crippen molar-refractivity contribution in [3.8, 4) is 11.4 Å². The van der Waals surface area contributed by atoms with E-state index in [4.69, 9.17) is 4.52 Å². The summed E-state index contributed by atoms with van der Waals surface area (Å²) in [5, 5.41) is 5.85. The number of aromatic nitrogens is 2. The molecule has 0 unspecified atom stereocenters. The van der Waals surface area contributed by atoms with Crippen molar-refractivity contribution in [2.24, 2.45) is 0 Å². The molecule has 0 radical (unpaired) electrons. The van der Waals surface area contributed by atoms with Crippen LogP contribution in [0.15, 0.2) is 76.1 Å². The van der Waals surface area contributed by atoms with E-state index < -0.39 is 10.0 Å². The standard InChI is InChI=1S/C21H19N3O3S/c1-15-7-3-6-10-19(15)21-22-20(27-23-21)14-24(2)28(25,26)18-12-11-16-8-4-5-9-17(16)13-18/h3-13H,14H2,1-2H3. The molecule has 0 saturated heterocycles. The Morgan fingerprint density at radius 2 is 1.68 bits per heavy atom. The second kappa shape index (κ2) is 7.18. The summed E-state index contributed by atoms with van der Waals surface area (Å²) in [6.45, 7) is 1.95. The lowest BCUT2D eigenvalue weighted by atomic mass is 10.1. The highest BCUT2D eigenvalue weighted by molar-refractivity contribution is 7.89. The first-order valence-corrected chi connectivity index (χ1v) is 10.2. The van der Waals surface area contributed by atoms with Crippen LogP contribution in [0.25, 0.3) is 22.2 Å². The molecule has 0 spiro atoms. The minimum atomic E-state index is -3.69. The Hall–Kier alpha value is -3.03. The quantitative estimate of drug-likeness (QED) is 0.512. The lowest BCUT2D eigenvalue weighted by Crippen LogP contribution is -2.26. The van der Waals surface area contributed by atoms with E-state index in [0.29, 0.717) is 5.82 Å². The first-order chi connectivity index (χ1) is 13.4. The van der Waals surface area contributed by atoms with Gasteiger partial charge in [-0.3, -0.25) is 0 Å². The lowest BCUT2D eigenvalue weighted by molar-refractivity contribution is 0.337. The van der Waals surface area contributed by atoms with Crippen LogP contribution in [0, 0.1) is 6.92 Å². The minimum absolute atomic E-state index is 0.00591. The Labute approximate surface area is 163 Å². The van der Waals surface area contributed by atoms with E-state index >= 15 is 0 Å². The van der Waals surface area contributed by atoms with Crippen molar-refractivity contribution >= 4 is 20.8 Å². The molecule has 0 fully saturated rings. The summed E-state index contributed by atoms with van der Waals surface area (Å²) in [5.41, 5.74) is 1.88. The van der Waals surface area contributed by atoms with Crippen LogP contribution in [0.4, 0.5) is 0 Å². The van der Waals surface area contributed by atoms with Crippen molar-refractivity contribution in [2.45, 2.75) is 18.4 Å². The Bertz CT molecular complexity index is 1250. The van der Waals surface area contributed by atoms with E-state index in [1.165, 1.54) is 11.4 Å². The molecule has 0 atom stereocenters. The normalized spacial score (nSPS) is 12.0. The topological polar surface area (TPSA) is 76.3 Å². The van der Waals surface area contributed by atoms with Gasteiger partial charge in [-0.25, -0.2) is 8.42 Å². The van der Waals surface area contributed by atoms with Crippen LogP contribution in [0.3, 0.4) is 0 Å². The fourth-order valence-electron chi connectivity index (χ4n) is 3.04. The molecule has 0 amide bonds. The number of aryl methyl sites for hydroxylation is 1. The molecule has 1 aromatic heterocycles. The molecule has 0 N–H and O–H groups in total. The number of nitrogens with zero attached hydrogens (tertiary/aromatic N) is 3. The van der Waals surface area contributed by atoms with Crippen molar-refractivity contribution in [1.29, 1.82) is 0 Å². The fraction of sp³-hybridized carbons (Fsp3) is 0.143. The summed E-state index contributed by atoms with van der Waals surface area (Å²) in [6, 6.07) is 20.4. The zero-order chi connectivity index (χ0) is 19.7. The van der Waals surface area contributed by atoms with Crippen LogP contribution in [0.1, 0.15) is 11.5 Å². The van der Waals surface area contributed by atoms with Crippen LogP contribution in [0.2, 0.25) is 0 Å². The van der Waals surface area contributed by atoms with Crippen molar-refractivity contribution in [2.75, 3.05) is 7.05 Å². The summed E-state index contributed by atoms with van der Waals surface area (Å²) in [6.07, 6.45) is 0. The predicted molar refractivity (Wildman–Crippen MR) is 107 cm³/mol. The van der Waals surface area contributed by atoms with Crippen LogP contribution < -0.4 is 0 Å². The molecule has 4 aromatic rings. The molecule has 28 heavy (non-hydrogen) atoms. The molecular formula is C21H19N3O3S. The molecule has 0 bridgehead atoms. The highest BCUT2D eigenvalue weighted by Crippen LogP contribution is 2.23. The predicted octanol–water partition coefficient (Wildman–Crippen LogP) is 4.02. The molecule has 0 aliphatic carbocycles. The average molecular weight is 393 g/mol. The van der Waals surface area contributed by atoms with Crippen molar-refractivity contribution in [1.82, 2.24) is 14.4 Å². The van der Waals surface area contributed by atoms with Gasteiger partial charge in [0.15, 0.2) is 0 Å². The summed E-state index contributed by atoms with van der Waals surface area (Å²) in [7, 11) is -2.18. The number of hydrogen-bond donors (Lipinski definition) is 0. The van der Waals surface area contributed by atoms with Gasteiger partial charge in [-0.15, -0.1) is 0 Å². The minimum Gasteiger partial charge on any atom is -0.338 e. The smallest absolute Gasteiger partial charge is 0.243 e. The van der Waals surface area contributed by atoms with Gasteiger partial charge in [0.05, 0.1) is 11.4 Å². The maximum atomic E-state index is 12.9. The third-order valence-electron chi connectivity index (χ3n) is 4.64. The zero-order valence-electron chi connectivity index (χ0n) is 15.5. The SMILES string of the molecule is Cc1ccccc1-c1noc(CN(C)S(=O)(=O)c2ccc3ccccc3c2)n1. The van der Waals surface area contributed by atoms with Crippen LogP contribution in [-0.4, -0.2) is 29.9 Å². The number of hydrogen-bond acceptors (Lipinski definition) is 5. The highest BCUT2D eigenvalue weighted by Gasteiger charge is 2.23. The zero-order valence-corrected chi connectivity index (χ0v) is 16.3. The maximum Gasteiger partial charge on any atom is 0.243 e. The maximum absolute atomic E-state index is 12.9. The molecule has 4 rings (SSSR count). The lowest BCUT2D eigenvalue weighted by Gasteiger charge is -2.15. The molecular weight excluding hydrogens is 374 g/mol. The van der Waals surface area contributed by atoms with Gasteiger partial charge in [0, 0.05) is 12.6 Å². The Balaban J connectivity index is 1.59. The van der Waals surface area contributed by atoms with Gasteiger partial charge >= 0.3 is 0 Å². The third kappa shape index (κ3) is 3.42. The van der Waals surface area contributed by atoms with Gasteiger partial charge in [-0.2, -0.15) is 9.29 Å². The van der Waals surface area contributed by atoms with Gasteiger partial charge < -0.3 is 4.52 Å². The molecule has 7 heteroatoms. The summed E-state index contributed by atoms with van der Waals surface area (Å²) < 4.78 is 32.4. The average Bonchev–Trinajstić information content (AvgIpc) is 3.16. The summed E-state index contributed by atoms with van der Waals surface area (Å²) >= 11 is 0. The van der Waals surface area contributed by atoms with Gasteiger partial charge in [-0.05, 0) is 35.4 Å². The molecule has 6 nitrogen and oxygen atoms in total. The van der Waals surface area contributed by atoms with Crippen LogP contribution in [0.5, 0.6) is 0 Å². The van der Waals surface area contributed by atoms with Crippen molar-refractivity contribution < 1.29 is 12.9 Å². The van der Waals surface area contributed by atoms with Crippen molar-refractivity contribution in [3.63, 3.8) is 0 Å². The van der Waals surface area contributed by atoms with E-state index in [2.05, 4.69) is 10.1 Å². The molecule has 3 aromatic carbocycles. The van der Waals surface area contributed by atoms with E-state index in [-0.39, 0.29) is 17.3 Å². The molecule has 1 heterocycles. The van der Waals surface area contributed by atoms with Gasteiger partial charge in [0.2, 0.25) is 21.7 Å². The highest BCUT2D eigenvalue weighted by atomic mass is 32.2. The summed E-state index contributed by atoms with van der Waals surface area (Å²) in [4.78, 5) is 4.58. The largest absolute Gasteiger partial charge is 0.338 e. The Morgan fingerprint density at radius 1 is 0.964 bits per heavy atom. The molecule has 0 aliphatic rings. The van der Waals surface area contributed by atoms with Gasteiger partial charge in [0.1, 0.15) is 0 Å². The number of sulfonamides is 1. The van der Waals surface area contributed by atoms with E-state index in [0.717, 1.165) is 21.9 Å². The molecule has 0 saturated carbocycles. The molecule has 142 valence electrons. The Morgan fingerprint density at radius 3 is 2.46 bits per heavy atom. The first-order valence-electron chi connectivity index (χ1n) is 8.79. The number of rotatable bonds is 5. The van der Waals surface area contributed by atoms with E-state index in [1.54, 1.807) is 18.2 Å². The van der Waals surface area contributed by atoms with Crippen LogP contribution >= 0.6 is 0 Å². The van der Waals surface area contributed by atoms with Gasteiger partial charge in [0.25, 0.3) is 0 Å².